The SMILES string of the molecule is COc1ccc(CCNC(=O)C2CCC(=O)N2S(C)(=O)=O)cc1OC. The van der Waals surface area contributed by atoms with E-state index in [4.69, 9.17) is 9.47 Å². The van der Waals surface area contributed by atoms with Crippen LogP contribution in [0.15, 0.2) is 18.2 Å². The Hall–Kier alpha value is -2.29. The molecule has 1 saturated heterocycles. The molecule has 1 fully saturated rings. The van der Waals surface area contributed by atoms with E-state index in [1.807, 2.05) is 12.1 Å². The first-order valence-corrected chi connectivity index (χ1v) is 9.63. The van der Waals surface area contributed by atoms with E-state index < -0.39 is 27.9 Å². The largest absolute Gasteiger partial charge is 0.493 e. The maximum Gasteiger partial charge on any atom is 0.244 e. The minimum absolute atomic E-state index is 0.0564. The van der Waals surface area contributed by atoms with Gasteiger partial charge >= 0.3 is 0 Å². The number of benzene rings is 1. The van der Waals surface area contributed by atoms with Gasteiger partial charge in [-0.1, -0.05) is 6.07 Å². The Labute approximate surface area is 147 Å². The second kappa shape index (κ2) is 7.73. The topological polar surface area (TPSA) is 102 Å². The molecule has 9 heteroatoms. The van der Waals surface area contributed by atoms with Gasteiger partial charge in [-0.15, -0.1) is 0 Å². The van der Waals surface area contributed by atoms with Crippen LogP contribution in [0.4, 0.5) is 0 Å². The van der Waals surface area contributed by atoms with Crippen molar-refractivity contribution in [1.29, 1.82) is 0 Å². The molecule has 1 N–H and O–H groups in total. The van der Waals surface area contributed by atoms with Crippen molar-refractivity contribution in [3.05, 3.63) is 23.8 Å². The molecule has 1 aliphatic heterocycles. The average molecular weight is 370 g/mol. The van der Waals surface area contributed by atoms with Crippen LogP contribution in [0.3, 0.4) is 0 Å². The Morgan fingerprint density at radius 1 is 1.28 bits per heavy atom. The first-order chi connectivity index (χ1) is 11.8. The number of rotatable bonds is 7. The number of sulfonamides is 1. The summed E-state index contributed by atoms with van der Waals surface area (Å²) < 4.78 is 34.4. The van der Waals surface area contributed by atoms with Crippen LogP contribution in [0, 0.1) is 0 Å². The standard InChI is InChI=1S/C16H22N2O6S/c1-23-13-6-4-11(10-14(13)24-2)8-9-17-16(20)12-5-7-15(19)18(12)25(3,21)22/h4,6,10,12H,5,7-9H2,1-3H3,(H,17,20). The molecule has 25 heavy (non-hydrogen) atoms. The predicted octanol–water partition coefficient (Wildman–Crippen LogP) is 0.313. The first-order valence-electron chi connectivity index (χ1n) is 7.78. The molecule has 1 heterocycles. The molecule has 0 saturated carbocycles. The molecule has 138 valence electrons. The summed E-state index contributed by atoms with van der Waals surface area (Å²) in [6, 6.07) is 4.48. The van der Waals surface area contributed by atoms with Crippen LogP contribution >= 0.6 is 0 Å². The highest BCUT2D eigenvalue weighted by molar-refractivity contribution is 7.89. The zero-order chi connectivity index (χ0) is 18.6. The van der Waals surface area contributed by atoms with E-state index in [0.717, 1.165) is 11.8 Å². The van der Waals surface area contributed by atoms with Gasteiger partial charge in [0.05, 0.1) is 20.5 Å². The summed E-state index contributed by atoms with van der Waals surface area (Å²) >= 11 is 0. The molecular formula is C16H22N2O6S. The van der Waals surface area contributed by atoms with Gasteiger partial charge in [-0.3, -0.25) is 9.59 Å². The molecule has 8 nitrogen and oxygen atoms in total. The summed E-state index contributed by atoms with van der Waals surface area (Å²) in [4.78, 5) is 24.0. The minimum Gasteiger partial charge on any atom is -0.493 e. The van der Waals surface area contributed by atoms with E-state index in [0.29, 0.717) is 28.8 Å². The Bertz CT molecular complexity index is 762. The molecule has 1 unspecified atom stereocenters. The van der Waals surface area contributed by atoms with Crippen LogP contribution < -0.4 is 14.8 Å². The third-order valence-corrected chi connectivity index (χ3v) is 5.15. The lowest BCUT2D eigenvalue weighted by molar-refractivity contribution is -0.130. The fourth-order valence-electron chi connectivity index (χ4n) is 2.80. The van der Waals surface area contributed by atoms with Crippen LogP contribution in [-0.4, -0.2) is 57.6 Å². The highest BCUT2D eigenvalue weighted by Gasteiger charge is 2.41. The average Bonchev–Trinajstić information content (AvgIpc) is 2.96. The minimum atomic E-state index is -3.75. The van der Waals surface area contributed by atoms with Gasteiger partial charge in [0.25, 0.3) is 0 Å². The molecule has 1 aromatic carbocycles. The lowest BCUT2D eigenvalue weighted by Gasteiger charge is -2.21. The zero-order valence-electron chi connectivity index (χ0n) is 14.4. The van der Waals surface area contributed by atoms with Gasteiger partial charge in [0.2, 0.25) is 21.8 Å². The molecule has 1 aliphatic rings. The van der Waals surface area contributed by atoms with Crippen LogP contribution in [0.1, 0.15) is 18.4 Å². The maximum absolute atomic E-state index is 12.2. The monoisotopic (exact) mass is 370 g/mol. The van der Waals surface area contributed by atoms with Crippen molar-refractivity contribution < 1.29 is 27.5 Å². The van der Waals surface area contributed by atoms with E-state index in [2.05, 4.69) is 5.32 Å². The molecule has 0 aliphatic carbocycles. The van der Waals surface area contributed by atoms with Crippen LogP contribution in [-0.2, 0) is 26.0 Å². The van der Waals surface area contributed by atoms with Gasteiger partial charge in [-0.2, -0.15) is 0 Å². The number of carbonyl (C=O) groups is 2. The van der Waals surface area contributed by atoms with Gasteiger partial charge in [0.1, 0.15) is 6.04 Å². The van der Waals surface area contributed by atoms with Crippen molar-refractivity contribution in [2.45, 2.75) is 25.3 Å². The molecule has 2 amide bonds. The molecule has 2 rings (SSSR count). The van der Waals surface area contributed by atoms with Crippen molar-refractivity contribution >= 4 is 21.8 Å². The fourth-order valence-corrected chi connectivity index (χ4v) is 3.92. The number of nitrogens with zero attached hydrogens (tertiary/aromatic N) is 1. The Balaban J connectivity index is 1.96. The highest BCUT2D eigenvalue weighted by Crippen LogP contribution is 2.27. The number of carbonyl (C=O) groups excluding carboxylic acids is 2. The molecule has 0 bridgehead atoms. The number of hydrogen-bond donors (Lipinski definition) is 1. The Kier molecular flexibility index (Phi) is 5.89. The molecule has 0 aromatic heterocycles. The fraction of sp³-hybridized carbons (Fsp3) is 0.500. The lowest BCUT2D eigenvalue weighted by atomic mass is 10.1. The van der Waals surface area contributed by atoms with Gasteiger partial charge in [0.15, 0.2) is 11.5 Å². The summed E-state index contributed by atoms with van der Waals surface area (Å²) in [5, 5.41) is 2.69. The van der Waals surface area contributed by atoms with Crippen LogP contribution in [0.25, 0.3) is 0 Å². The first kappa shape index (κ1) is 19.0. The quantitative estimate of drug-likeness (QED) is 0.741. The van der Waals surface area contributed by atoms with Crippen molar-refractivity contribution in [1.82, 2.24) is 9.62 Å². The van der Waals surface area contributed by atoms with E-state index >= 15 is 0 Å². The summed E-state index contributed by atoms with van der Waals surface area (Å²) in [6.45, 7) is 0.316. The molecule has 0 radical (unpaired) electrons. The number of hydrogen-bond acceptors (Lipinski definition) is 6. The normalized spacial score (nSPS) is 17.5. The van der Waals surface area contributed by atoms with Crippen molar-refractivity contribution in [2.24, 2.45) is 0 Å². The number of methoxy groups -OCH3 is 2. The third kappa shape index (κ3) is 4.41. The maximum atomic E-state index is 12.2. The zero-order valence-corrected chi connectivity index (χ0v) is 15.3. The Morgan fingerprint density at radius 2 is 1.96 bits per heavy atom. The second-order valence-corrected chi connectivity index (χ2v) is 7.60. The number of ether oxygens (including phenoxy) is 2. The van der Waals surface area contributed by atoms with E-state index in [1.165, 1.54) is 0 Å². The number of amides is 2. The van der Waals surface area contributed by atoms with Crippen LogP contribution in [0.5, 0.6) is 11.5 Å². The van der Waals surface area contributed by atoms with Gasteiger partial charge in [-0.05, 0) is 30.5 Å². The van der Waals surface area contributed by atoms with E-state index in [1.54, 1.807) is 20.3 Å². The lowest BCUT2D eigenvalue weighted by Crippen LogP contribution is -2.47. The van der Waals surface area contributed by atoms with Crippen molar-refractivity contribution in [3.63, 3.8) is 0 Å². The smallest absolute Gasteiger partial charge is 0.244 e. The van der Waals surface area contributed by atoms with Crippen molar-refractivity contribution in [3.8, 4) is 11.5 Å². The van der Waals surface area contributed by atoms with Gasteiger partial charge in [0, 0.05) is 13.0 Å². The van der Waals surface area contributed by atoms with E-state index in [-0.39, 0.29) is 12.8 Å². The number of nitrogens with one attached hydrogen (secondary N) is 1. The Morgan fingerprint density at radius 3 is 2.56 bits per heavy atom. The van der Waals surface area contributed by atoms with Crippen LogP contribution in [0.2, 0.25) is 0 Å². The molecule has 1 aromatic rings. The van der Waals surface area contributed by atoms with Crippen molar-refractivity contribution in [2.75, 3.05) is 27.0 Å². The highest BCUT2D eigenvalue weighted by atomic mass is 32.2. The molecular weight excluding hydrogens is 348 g/mol. The second-order valence-electron chi connectivity index (χ2n) is 5.74. The predicted molar refractivity (Wildman–Crippen MR) is 91.0 cm³/mol. The van der Waals surface area contributed by atoms with Gasteiger partial charge < -0.3 is 14.8 Å². The summed E-state index contributed by atoms with van der Waals surface area (Å²) in [5.74, 6) is 0.207. The molecule has 1 atom stereocenters. The van der Waals surface area contributed by atoms with E-state index in [9.17, 15) is 18.0 Å². The molecule has 0 spiro atoms. The summed E-state index contributed by atoms with van der Waals surface area (Å²) in [5.41, 5.74) is 0.931. The van der Waals surface area contributed by atoms with Gasteiger partial charge in [-0.25, -0.2) is 12.7 Å². The third-order valence-electron chi connectivity index (χ3n) is 3.98. The summed E-state index contributed by atoms with van der Waals surface area (Å²) in [7, 11) is -0.656. The summed E-state index contributed by atoms with van der Waals surface area (Å²) in [6.07, 6.45) is 1.72.